The molecule has 0 radical (unpaired) electrons. The number of rotatable bonds is 9. The number of aromatic nitrogens is 3. The van der Waals surface area contributed by atoms with Gasteiger partial charge in [-0.2, -0.15) is 0 Å². The molecule has 1 aromatic heterocycles. The Balaban J connectivity index is 2.97. The lowest BCUT2D eigenvalue weighted by Crippen LogP contribution is -2.23. The Bertz CT molecular complexity index is 448. The highest BCUT2D eigenvalue weighted by Gasteiger charge is 2.22. The van der Waals surface area contributed by atoms with Gasteiger partial charge in [0, 0.05) is 6.54 Å². The van der Waals surface area contributed by atoms with Crippen LogP contribution in [0.5, 0.6) is 0 Å². The van der Waals surface area contributed by atoms with E-state index in [0.717, 1.165) is 36.8 Å². The van der Waals surface area contributed by atoms with Crippen molar-refractivity contribution >= 4 is 17.7 Å². The molecule has 7 heteroatoms. The minimum Gasteiger partial charge on any atom is -0.468 e. The zero-order valence-electron chi connectivity index (χ0n) is 13.6. The number of carbonyl (C=O) groups excluding carboxylic acids is 1. The third kappa shape index (κ3) is 5.00. The van der Waals surface area contributed by atoms with Gasteiger partial charge < -0.3 is 9.30 Å². The highest BCUT2D eigenvalue weighted by Crippen LogP contribution is 2.25. The van der Waals surface area contributed by atoms with Gasteiger partial charge in [0.05, 0.1) is 18.9 Å². The quantitative estimate of drug-likeness (QED) is 0.515. The van der Waals surface area contributed by atoms with Gasteiger partial charge in [0.2, 0.25) is 0 Å². The minimum absolute atomic E-state index is 0.238. The summed E-state index contributed by atoms with van der Waals surface area (Å²) in [6.45, 7) is 5.19. The molecule has 1 aromatic rings. The van der Waals surface area contributed by atoms with E-state index in [1.165, 1.54) is 18.9 Å². The Hall–Kier alpha value is -1.08. The van der Waals surface area contributed by atoms with Crippen LogP contribution >= 0.6 is 11.8 Å². The van der Waals surface area contributed by atoms with Crippen molar-refractivity contribution in [1.29, 1.82) is 0 Å². The Labute approximate surface area is 131 Å². The van der Waals surface area contributed by atoms with Crippen LogP contribution in [-0.2, 0) is 16.1 Å². The lowest BCUT2D eigenvalue weighted by atomic mass is 10.2. The van der Waals surface area contributed by atoms with E-state index in [1.807, 2.05) is 14.1 Å². The average molecular weight is 314 g/mol. The summed E-state index contributed by atoms with van der Waals surface area (Å²) in [6.07, 6.45) is 3.15. The van der Waals surface area contributed by atoms with E-state index >= 15 is 0 Å². The van der Waals surface area contributed by atoms with Gasteiger partial charge in [-0.25, -0.2) is 0 Å². The number of carbonyl (C=O) groups is 1. The maximum absolute atomic E-state index is 11.3. The molecular formula is C14H26N4O2S. The van der Waals surface area contributed by atoms with Crippen molar-refractivity contribution in [3.8, 4) is 0 Å². The maximum Gasteiger partial charge on any atom is 0.316 e. The van der Waals surface area contributed by atoms with Crippen LogP contribution in [0.2, 0.25) is 0 Å². The Kier molecular flexibility index (Phi) is 7.74. The monoisotopic (exact) mass is 314 g/mol. The van der Waals surface area contributed by atoms with Crippen LogP contribution < -0.4 is 0 Å². The number of nitrogens with zero attached hydrogens (tertiary/aromatic N) is 4. The molecule has 0 aliphatic rings. The number of methoxy groups -OCH3 is 1. The van der Waals surface area contributed by atoms with E-state index in [0.29, 0.717) is 0 Å². The van der Waals surface area contributed by atoms with Crippen molar-refractivity contribution in [2.45, 2.75) is 50.9 Å². The fourth-order valence-electron chi connectivity index (χ4n) is 2.14. The summed E-state index contributed by atoms with van der Waals surface area (Å²) in [5.74, 6) is 0.994. The highest BCUT2D eigenvalue weighted by molar-refractivity contribution is 7.99. The zero-order valence-corrected chi connectivity index (χ0v) is 14.4. The van der Waals surface area contributed by atoms with Gasteiger partial charge in [-0.3, -0.25) is 9.69 Å². The molecule has 0 aliphatic carbocycles. The molecule has 6 nitrogen and oxygen atoms in total. The van der Waals surface area contributed by atoms with Crippen molar-refractivity contribution in [3.05, 3.63) is 5.82 Å². The summed E-state index contributed by atoms with van der Waals surface area (Å²) in [4.78, 5) is 13.5. The van der Waals surface area contributed by atoms with Crippen LogP contribution in [0.1, 0.15) is 45.0 Å². The summed E-state index contributed by atoms with van der Waals surface area (Å²) >= 11 is 1.39. The van der Waals surface area contributed by atoms with Crippen molar-refractivity contribution in [1.82, 2.24) is 19.7 Å². The number of hydrogen-bond acceptors (Lipinski definition) is 6. The molecule has 120 valence electrons. The first-order chi connectivity index (χ1) is 10.0. The van der Waals surface area contributed by atoms with Crippen molar-refractivity contribution in [2.75, 3.05) is 27.0 Å². The standard InChI is InChI=1S/C14H26N4O2S/c1-6-8-9-18-13(11(7-2)17(3)4)15-16-14(18)21-10-12(19)20-5/h11H,6-10H2,1-5H3. The SMILES string of the molecule is CCCCn1c(SCC(=O)OC)nnc1C(CC)N(C)C. The van der Waals surface area contributed by atoms with Crippen molar-refractivity contribution < 1.29 is 9.53 Å². The number of thioether (sulfide) groups is 1. The summed E-state index contributed by atoms with van der Waals surface area (Å²) in [5, 5.41) is 9.43. The molecule has 0 saturated heterocycles. The van der Waals surface area contributed by atoms with Crippen LogP contribution in [0, 0.1) is 0 Å². The van der Waals surface area contributed by atoms with Crippen LogP contribution in [0.4, 0.5) is 0 Å². The van der Waals surface area contributed by atoms with Gasteiger partial charge in [0.15, 0.2) is 11.0 Å². The smallest absolute Gasteiger partial charge is 0.316 e. The molecule has 1 atom stereocenters. The van der Waals surface area contributed by atoms with Crippen LogP contribution in [-0.4, -0.2) is 52.6 Å². The van der Waals surface area contributed by atoms with Gasteiger partial charge in [0.25, 0.3) is 0 Å². The lowest BCUT2D eigenvalue weighted by molar-refractivity contribution is -0.137. The maximum atomic E-state index is 11.3. The lowest BCUT2D eigenvalue weighted by Gasteiger charge is -2.23. The number of hydrogen-bond donors (Lipinski definition) is 0. The molecule has 0 aliphatic heterocycles. The van der Waals surface area contributed by atoms with E-state index in [4.69, 9.17) is 0 Å². The molecule has 0 amide bonds. The number of esters is 1. The summed E-state index contributed by atoms with van der Waals surface area (Å²) in [7, 11) is 5.50. The van der Waals surface area contributed by atoms with E-state index in [2.05, 4.69) is 38.2 Å². The summed E-state index contributed by atoms with van der Waals surface area (Å²) in [6, 6.07) is 0.238. The van der Waals surface area contributed by atoms with Crippen molar-refractivity contribution in [3.63, 3.8) is 0 Å². The zero-order chi connectivity index (χ0) is 15.8. The minimum atomic E-state index is -0.244. The first-order valence-electron chi connectivity index (χ1n) is 7.34. The van der Waals surface area contributed by atoms with E-state index in [-0.39, 0.29) is 17.8 Å². The number of unbranched alkanes of at least 4 members (excludes halogenated alkanes) is 1. The van der Waals surface area contributed by atoms with Gasteiger partial charge in [0.1, 0.15) is 0 Å². The molecule has 0 saturated carbocycles. The molecule has 0 bridgehead atoms. The Morgan fingerprint density at radius 1 is 1.38 bits per heavy atom. The molecule has 0 fully saturated rings. The second kappa shape index (κ2) is 9.04. The molecule has 1 unspecified atom stereocenters. The van der Waals surface area contributed by atoms with Gasteiger partial charge in [-0.15, -0.1) is 10.2 Å². The molecule has 21 heavy (non-hydrogen) atoms. The first kappa shape index (κ1) is 18.0. The predicted octanol–water partition coefficient (Wildman–Crippen LogP) is 2.36. The Morgan fingerprint density at radius 3 is 2.62 bits per heavy atom. The molecule has 1 heterocycles. The third-order valence-corrected chi connectivity index (χ3v) is 4.28. The van der Waals surface area contributed by atoms with Crippen LogP contribution in [0.15, 0.2) is 5.16 Å². The molecule has 0 N–H and O–H groups in total. The summed E-state index contributed by atoms with van der Waals surface area (Å²) < 4.78 is 6.83. The summed E-state index contributed by atoms with van der Waals surface area (Å²) in [5.41, 5.74) is 0. The van der Waals surface area contributed by atoms with E-state index in [9.17, 15) is 4.79 Å². The van der Waals surface area contributed by atoms with Gasteiger partial charge in [-0.1, -0.05) is 32.0 Å². The molecule has 0 aromatic carbocycles. The normalized spacial score (nSPS) is 12.7. The third-order valence-electron chi connectivity index (χ3n) is 3.34. The number of ether oxygens (including phenoxy) is 1. The van der Waals surface area contributed by atoms with E-state index < -0.39 is 0 Å². The molecular weight excluding hydrogens is 288 g/mol. The molecule has 0 spiro atoms. The topological polar surface area (TPSA) is 60.3 Å². The second-order valence-electron chi connectivity index (χ2n) is 5.10. The largest absolute Gasteiger partial charge is 0.468 e. The van der Waals surface area contributed by atoms with Crippen LogP contribution in [0.25, 0.3) is 0 Å². The average Bonchev–Trinajstić information content (AvgIpc) is 2.85. The fraction of sp³-hybridized carbons (Fsp3) is 0.786. The van der Waals surface area contributed by atoms with Gasteiger partial charge >= 0.3 is 5.97 Å². The Morgan fingerprint density at radius 2 is 2.10 bits per heavy atom. The first-order valence-corrected chi connectivity index (χ1v) is 8.32. The predicted molar refractivity (Wildman–Crippen MR) is 84.4 cm³/mol. The van der Waals surface area contributed by atoms with E-state index in [1.54, 1.807) is 0 Å². The highest BCUT2D eigenvalue weighted by atomic mass is 32.2. The molecule has 1 rings (SSSR count). The van der Waals surface area contributed by atoms with Gasteiger partial charge in [-0.05, 0) is 26.9 Å². The van der Waals surface area contributed by atoms with Crippen molar-refractivity contribution in [2.24, 2.45) is 0 Å². The second-order valence-corrected chi connectivity index (χ2v) is 6.04. The van der Waals surface area contributed by atoms with Crippen LogP contribution in [0.3, 0.4) is 0 Å². The fourth-order valence-corrected chi connectivity index (χ4v) is 2.94.